The highest BCUT2D eigenvalue weighted by Gasteiger charge is 2.48. The van der Waals surface area contributed by atoms with Gasteiger partial charge in [0.1, 0.15) is 17.3 Å². The molecule has 0 bridgehead atoms. The van der Waals surface area contributed by atoms with Gasteiger partial charge < -0.3 is 19.9 Å². The van der Waals surface area contributed by atoms with Crippen LogP contribution in [0.3, 0.4) is 0 Å². The molecule has 8 nitrogen and oxygen atoms in total. The largest absolute Gasteiger partial charge is 0.507 e. The minimum absolute atomic E-state index is 0.0268. The summed E-state index contributed by atoms with van der Waals surface area (Å²) >= 11 is 0. The molecular formula is C30H30N2O6. The van der Waals surface area contributed by atoms with Crippen LogP contribution in [0.25, 0.3) is 5.76 Å². The Morgan fingerprint density at radius 1 is 1.00 bits per heavy atom. The SMILES string of the molecule is COc1ccccc1C1/C(=C(\O)c2ccc(OC(C)C)c(C)c2)C(=O)C(=O)N1c1ccc(NC(C)=O)cc1. The number of aliphatic hydroxyl groups is 1. The fraction of sp³-hybridized carbons (Fsp3) is 0.233. The minimum atomic E-state index is -0.954. The van der Waals surface area contributed by atoms with Crippen molar-refractivity contribution in [1.29, 1.82) is 0 Å². The first-order valence-electron chi connectivity index (χ1n) is 12.2. The van der Waals surface area contributed by atoms with Crippen molar-refractivity contribution in [2.24, 2.45) is 0 Å². The highest BCUT2D eigenvalue weighted by molar-refractivity contribution is 6.51. The first kappa shape index (κ1) is 26.5. The lowest BCUT2D eigenvalue weighted by Gasteiger charge is -2.27. The summed E-state index contributed by atoms with van der Waals surface area (Å²) in [7, 11) is 1.50. The summed E-state index contributed by atoms with van der Waals surface area (Å²) in [6.45, 7) is 7.09. The van der Waals surface area contributed by atoms with Crippen LogP contribution in [0.5, 0.6) is 11.5 Å². The second-order valence-electron chi connectivity index (χ2n) is 9.29. The van der Waals surface area contributed by atoms with E-state index in [0.717, 1.165) is 5.56 Å². The summed E-state index contributed by atoms with van der Waals surface area (Å²) in [5.74, 6) is -1.00. The maximum atomic E-state index is 13.5. The molecule has 0 spiro atoms. The van der Waals surface area contributed by atoms with Crippen LogP contribution in [-0.2, 0) is 14.4 Å². The van der Waals surface area contributed by atoms with E-state index in [1.165, 1.54) is 18.9 Å². The Balaban J connectivity index is 1.88. The van der Waals surface area contributed by atoms with E-state index in [1.807, 2.05) is 20.8 Å². The third-order valence-electron chi connectivity index (χ3n) is 6.15. The number of nitrogens with one attached hydrogen (secondary N) is 1. The number of para-hydroxylation sites is 1. The second-order valence-corrected chi connectivity index (χ2v) is 9.29. The average Bonchev–Trinajstić information content (AvgIpc) is 3.14. The molecule has 3 aromatic carbocycles. The standard InChI is InChI=1S/C30H30N2O6/c1-17(2)38-24-15-10-20(16-18(24)3)28(34)26-27(23-8-6-7-9-25(23)37-5)32(30(36)29(26)35)22-13-11-21(12-14-22)31-19(4)33/h6-17,27,34H,1-5H3,(H,31,33)/b28-26+. The summed E-state index contributed by atoms with van der Waals surface area (Å²) in [6, 6.07) is 17.8. The quantitative estimate of drug-likeness (QED) is 0.249. The number of hydrogen-bond donors (Lipinski definition) is 2. The molecule has 38 heavy (non-hydrogen) atoms. The molecule has 1 heterocycles. The van der Waals surface area contributed by atoms with Gasteiger partial charge in [0.25, 0.3) is 11.7 Å². The number of carbonyl (C=O) groups excluding carboxylic acids is 3. The monoisotopic (exact) mass is 514 g/mol. The predicted molar refractivity (Wildman–Crippen MR) is 145 cm³/mol. The fourth-order valence-electron chi connectivity index (χ4n) is 4.53. The average molecular weight is 515 g/mol. The van der Waals surface area contributed by atoms with Crippen molar-refractivity contribution in [1.82, 2.24) is 0 Å². The number of ether oxygens (including phenoxy) is 2. The van der Waals surface area contributed by atoms with E-state index in [0.29, 0.717) is 34.0 Å². The van der Waals surface area contributed by atoms with Gasteiger partial charge in [0.2, 0.25) is 5.91 Å². The van der Waals surface area contributed by atoms with Crippen LogP contribution in [-0.4, -0.2) is 35.9 Å². The molecule has 4 rings (SSSR count). The molecule has 0 aliphatic carbocycles. The van der Waals surface area contributed by atoms with Crippen molar-refractivity contribution in [3.8, 4) is 11.5 Å². The van der Waals surface area contributed by atoms with Gasteiger partial charge in [-0.15, -0.1) is 0 Å². The van der Waals surface area contributed by atoms with E-state index in [-0.39, 0.29) is 23.3 Å². The van der Waals surface area contributed by atoms with Gasteiger partial charge in [-0.25, -0.2) is 0 Å². The normalized spacial score (nSPS) is 16.6. The Hall–Kier alpha value is -4.59. The van der Waals surface area contributed by atoms with Gasteiger partial charge in [-0.1, -0.05) is 18.2 Å². The highest BCUT2D eigenvalue weighted by atomic mass is 16.5. The summed E-state index contributed by atoms with van der Waals surface area (Å²) in [5.41, 5.74) is 2.62. The van der Waals surface area contributed by atoms with Gasteiger partial charge in [-0.05, 0) is 74.9 Å². The van der Waals surface area contributed by atoms with Crippen molar-refractivity contribution in [3.63, 3.8) is 0 Å². The summed E-state index contributed by atoms with van der Waals surface area (Å²) < 4.78 is 11.4. The number of Topliss-reactive ketones (excluding diaryl/α,β-unsaturated/α-hetero) is 1. The Morgan fingerprint density at radius 2 is 1.68 bits per heavy atom. The molecule has 0 saturated carbocycles. The van der Waals surface area contributed by atoms with Crippen molar-refractivity contribution < 1.29 is 29.0 Å². The van der Waals surface area contributed by atoms with Crippen LogP contribution in [0.4, 0.5) is 11.4 Å². The first-order chi connectivity index (χ1) is 18.1. The van der Waals surface area contributed by atoms with Gasteiger partial charge in [-0.3, -0.25) is 19.3 Å². The molecule has 3 aromatic rings. The third kappa shape index (κ3) is 5.11. The number of benzene rings is 3. The van der Waals surface area contributed by atoms with E-state index in [2.05, 4.69) is 5.32 Å². The molecule has 0 aromatic heterocycles. The maximum absolute atomic E-state index is 13.5. The molecule has 1 aliphatic heterocycles. The second kappa shape index (κ2) is 10.8. The molecule has 0 radical (unpaired) electrons. The predicted octanol–water partition coefficient (Wildman–Crippen LogP) is 5.38. The highest BCUT2D eigenvalue weighted by Crippen LogP contribution is 2.45. The number of rotatable bonds is 7. The van der Waals surface area contributed by atoms with E-state index in [9.17, 15) is 19.5 Å². The van der Waals surface area contributed by atoms with Crippen LogP contribution in [0.2, 0.25) is 0 Å². The number of anilines is 2. The third-order valence-corrected chi connectivity index (χ3v) is 6.15. The van der Waals surface area contributed by atoms with Gasteiger partial charge in [0, 0.05) is 29.4 Å². The molecule has 1 atom stereocenters. The number of ketones is 1. The number of amides is 2. The van der Waals surface area contributed by atoms with Gasteiger partial charge >= 0.3 is 0 Å². The number of methoxy groups -OCH3 is 1. The zero-order chi connectivity index (χ0) is 27.6. The molecule has 1 fully saturated rings. The fourth-order valence-corrected chi connectivity index (χ4v) is 4.53. The van der Waals surface area contributed by atoms with Crippen LogP contribution in [0.1, 0.15) is 43.5 Å². The van der Waals surface area contributed by atoms with Crippen LogP contribution < -0.4 is 19.7 Å². The molecule has 8 heteroatoms. The van der Waals surface area contributed by atoms with Crippen molar-refractivity contribution in [3.05, 3.63) is 89.0 Å². The number of carbonyl (C=O) groups is 3. The van der Waals surface area contributed by atoms with Gasteiger partial charge in [0.05, 0.1) is 24.8 Å². The van der Waals surface area contributed by atoms with E-state index >= 15 is 0 Å². The van der Waals surface area contributed by atoms with E-state index in [4.69, 9.17) is 9.47 Å². The summed E-state index contributed by atoms with van der Waals surface area (Å²) in [6.07, 6.45) is -0.0268. The number of hydrogen-bond acceptors (Lipinski definition) is 6. The van der Waals surface area contributed by atoms with E-state index < -0.39 is 17.7 Å². The molecule has 1 aliphatic rings. The van der Waals surface area contributed by atoms with Crippen LogP contribution in [0.15, 0.2) is 72.3 Å². The van der Waals surface area contributed by atoms with Crippen molar-refractivity contribution >= 4 is 34.7 Å². The molecule has 2 amide bonds. The Labute approximate surface area is 221 Å². The molecule has 1 saturated heterocycles. The maximum Gasteiger partial charge on any atom is 0.300 e. The first-order valence-corrected chi connectivity index (χ1v) is 12.2. The molecule has 1 unspecified atom stereocenters. The zero-order valence-corrected chi connectivity index (χ0v) is 21.9. The lowest BCUT2D eigenvalue weighted by atomic mass is 9.94. The molecule has 196 valence electrons. The van der Waals surface area contributed by atoms with Gasteiger partial charge in [0.15, 0.2) is 0 Å². The smallest absolute Gasteiger partial charge is 0.300 e. The van der Waals surface area contributed by atoms with Crippen LogP contribution >= 0.6 is 0 Å². The Bertz CT molecular complexity index is 1420. The summed E-state index contributed by atoms with van der Waals surface area (Å²) in [5, 5.41) is 14.1. The number of nitrogens with zero attached hydrogens (tertiary/aromatic N) is 1. The van der Waals surface area contributed by atoms with Crippen molar-refractivity contribution in [2.45, 2.75) is 39.8 Å². The van der Waals surface area contributed by atoms with Gasteiger partial charge in [-0.2, -0.15) is 0 Å². The lowest BCUT2D eigenvalue weighted by molar-refractivity contribution is -0.132. The summed E-state index contributed by atoms with van der Waals surface area (Å²) in [4.78, 5) is 39.7. The topological polar surface area (TPSA) is 105 Å². The Morgan fingerprint density at radius 3 is 2.29 bits per heavy atom. The van der Waals surface area contributed by atoms with Crippen molar-refractivity contribution in [2.75, 3.05) is 17.3 Å². The number of aryl methyl sites for hydroxylation is 1. The van der Waals surface area contributed by atoms with E-state index in [1.54, 1.807) is 66.7 Å². The molecular weight excluding hydrogens is 484 g/mol. The van der Waals surface area contributed by atoms with Crippen LogP contribution in [0, 0.1) is 6.92 Å². The molecule has 2 N–H and O–H groups in total. The lowest BCUT2D eigenvalue weighted by Crippen LogP contribution is -2.29. The number of aliphatic hydroxyl groups excluding tert-OH is 1. The minimum Gasteiger partial charge on any atom is -0.507 e. The Kier molecular flexibility index (Phi) is 7.52. The zero-order valence-electron chi connectivity index (χ0n) is 21.9.